The van der Waals surface area contributed by atoms with Crippen molar-refractivity contribution >= 4 is 34.4 Å². The zero-order valence-electron chi connectivity index (χ0n) is 5.83. The van der Waals surface area contributed by atoms with Crippen molar-refractivity contribution in [3.8, 4) is 0 Å². The molecule has 0 saturated heterocycles. The van der Waals surface area contributed by atoms with Crippen LogP contribution in [0.1, 0.15) is 0 Å². The average molecular weight is 200 g/mol. The maximum Gasteiger partial charge on any atom is 0.181 e. The van der Waals surface area contributed by atoms with Crippen LogP contribution in [0.25, 0.3) is 11.2 Å². The number of pyridine rings is 1. The second-order valence-corrected chi connectivity index (χ2v) is 2.95. The molecular formula is C7H3Cl2N3. The molecule has 0 N–H and O–H groups in total. The van der Waals surface area contributed by atoms with Gasteiger partial charge in [-0.25, -0.2) is 15.0 Å². The molecule has 2 aromatic heterocycles. The van der Waals surface area contributed by atoms with Gasteiger partial charge in [0, 0.05) is 6.20 Å². The van der Waals surface area contributed by atoms with Crippen molar-refractivity contribution in [2.45, 2.75) is 0 Å². The van der Waals surface area contributed by atoms with Crippen LogP contribution < -0.4 is 0 Å². The van der Waals surface area contributed by atoms with E-state index in [-0.39, 0.29) is 0 Å². The Bertz CT molecular complexity index is 430. The minimum atomic E-state index is 0.317. The summed E-state index contributed by atoms with van der Waals surface area (Å²) in [5.74, 6) is 0. The summed E-state index contributed by atoms with van der Waals surface area (Å²) in [5, 5.41) is 0.849. The zero-order valence-corrected chi connectivity index (χ0v) is 7.34. The Morgan fingerprint density at radius 2 is 2.00 bits per heavy atom. The largest absolute Gasteiger partial charge is 0.248 e. The van der Waals surface area contributed by atoms with Crippen LogP contribution >= 0.6 is 23.2 Å². The van der Waals surface area contributed by atoms with Crippen LogP contribution in [-0.4, -0.2) is 15.0 Å². The summed E-state index contributed by atoms with van der Waals surface area (Å²) in [4.78, 5) is 11.9. The van der Waals surface area contributed by atoms with E-state index in [1.54, 1.807) is 12.3 Å². The molecule has 0 amide bonds. The number of hydrogen-bond donors (Lipinski definition) is 0. The number of hydrogen-bond acceptors (Lipinski definition) is 3. The van der Waals surface area contributed by atoms with Crippen LogP contribution in [0.3, 0.4) is 0 Å². The summed E-state index contributed by atoms with van der Waals surface area (Å²) in [5.41, 5.74) is 1.04. The fraction of sp³-hybridized carbons (Fsp3) is 0. The highest BCUT2D eigenvalue weighted by molar-refractivity contribution is 6.35. The van der Waals surface area contributed by atoms with Crippen molar-refractivity contribution < 1.29 is 0 Å². The third kappa shape index (κ3) is 1.21. The molecule has 0 aliphatic rings. The SMILES string of the molecule is Clc1cnc2c(Cl)ccnc2n1. The molecule has 3 nitrogen and oxygen atoms in total. The molecule has 0 aromatic carbocycles. The highest BCUT2D eigenvalue weighted by atomic mass is 35.5. The smallest absolute Gasteiger partial charge is 0.181 e. The average Bonchev–Trinajstić information content (AvgIpc) is 2.04. The van der Waals surface area contributed by atoms with E-state index in [2.05, 4.69) is 15.0 Å². The zero-order chi connectivity index (χ0) is 8.55. The van der Waals surface area contributed by atoms with Crippen molar-refractivity contribution in [1.82, 2.24) is 15.0 Å². The minimum absolute atomic E-state index is 0.317. The van der Waals surface area contributed by atoms with E-state index in [9.17, 15) is 0 Å². The minimum Gasteiger partial charge on any atom is -0.248 e. The first-order chi connectivity index (χ1) is 5.77. The van der Waals surface area contributed by atoms with Gasteiger partial charge in [0.2, 0.25) is 0 Å². The van der Waals surface area contributed by atoms with Crippen LogP contribution in [0.4, 0.5) is 0 Å². The van der Waals surface area contributed by atoms with E-state index in [4.69, 9.17) is 23.2 Å². The van der Waals surface area contributed by atoms with Crippen molar-refractivity contribution in [1.29, 1.82) is 0 Å². The molecule has 0 bridgehead atoms. The molecule has 0 saturated carbocycles. The van der Waals surface area contributed by atoms with Crippen molar-refractivity contribution in [3.63, 3.8) is 0 Å². The van der Waals surface area contributed by atoms with Gasteiger partial charge in [-0.2, -0.15) is 0 Å². The Balaban J connectivity index is 2.86. The summed E-state index contributed by atoms with van der Waals surface area (Å²) in [6, 6.07) is 1.66. The molecule has 0 aliphatic heterocycles. The van der Waals surface area contributed by atoms with Crippen molar-refractivity contribution in [3.05, 3.63) is 28.6 Å². The van der Waals surface area contributed by atoms with Crippen molar-refractivity contribution in [2.24, 2.45) is 0 Å². The van der Waals surface area contributed by atoms with Gasteiger partial charge in [0.25, 0.3) is 0 Å². The van der Waals surface area contributed by atoms with E-state index < -0.39 is 0 Å². The second-order valence-electron chi connectivity index (χ2n) is 2.16. The molecule has 5 heteroatoms. The third-order valence-corrected chi connectivity index (χ3v) is 1.86. The van der Waals surface area contributed by atoms with E-state index >= 15 is 0 Å². The van der Waals surface area contributed by atoms with Crippen LogP contribution in [-0.2, 0) is 0 Å². The normalized spacial score (nSPS) is 10.5. The van der Waals surface area contributed by atoms with E-state index in [1.807, 2.05) is 0 Å². The van der Waals surface area contributed by atoms with Gasteiger partial charge >= 0.3 is 0 Å². The lowest BCUT2D eigenvalue weighted by Crippen LogP contribution is -1.87. The summed E-state index contributed by atoms with van der Waals surface area (Å²) in [6.45, 7) is 0. The molecule has 2 rings (SSSR count). The Hall–Kier alpha value is -0.930. The van der Waals surface area contributed by atoms with Gasteiger partial charge in [0.05, 0.1) is 11.2 Å². The Morgan fingerprint density at radius 3 is 2.83 bits per heavy atom. The quantitative estimate of drug-likeness (QED) is 0.654. The Morgan fingerprint density at radius 1 is 1.17 bits per heavy atom. The maximum absolute atomic E-state index is 5.82. The molecular weight excluding hydrogens is 197 g/mol. The molecule has 2 aromatic rings. The van der Waals surface area contributed by atoms with E-state index in [0.717, 1.165) is 0 Å². The number of nitrogens with zero attached hydrogens (tertiary/aromatic N) is 3. The van der Waals surface area contributed by atoms with Gasteiger partial charge in [-0.1, -0.05) is 23.2 Å². The van der Waals surface area contributed by atoms with Crippen LogP contribution in [0.5, 0.6) is 0 Å². The monoisotopic (exact) mass is 199 g/mol. The van der Waals surface area contributed by atoms with Gasteiger partial charge in [-0.3, -0.25) is 0 Å². The molecule has 12 heavy (non-hydrogen) atoms. The molecule has 2 heterocycles. The molecule has 0 radical (unpaired) electrons. The highest BCUT2D eigenvalue weighted by Crippen LogP contribution is 2.18. The van der Waals surface area contributed by atoms with Gasteiger partial charge < -0.3 is 0 Å². The maximum atomic E-state index is 5.82. The molecule has 0 aliphatic carbocycles. The van der Waals surface area contributed by atoms with Crippen LogP contribution in [0, 0.1) is 0 Å². The number of aromatic nitrogens is 3. The number of fused-ring (bicyclic) bond motifs is 1. The Kier molecular flexibility index (Phi) is 1.83. The molecule has 60 valence electrons. The number of rotatable bonds is 0. The van der Waals surface area contributed by atoms with Gasteiger partial charge in [0.15, 0.2) is 5.65 Å². The van der Waals surface area contributed by atoms with Gasteiger partial charge in [0.1, 0.15) is 10.7 Å². The standard InChI is InChI=1S/C7H3Cl2N3/c8-4-1-2-10-7-6(4)11-3-5(9)12-7/h1-3H. The summed E-state index contributed by atoms with van der Waals surface area (Å²) >= 11 is 11.4. The summed E-state index contributed by atoms with van der Waals surface area (Å²) in [6.07, 6.45) is 3.01. The second kappa shape index (κ2) is 2.84. The predicted molar refractivity (Wildman–Crippen MR) is 47.4 cm³/mol. The molecule has 0 spiro atoms. The lowest BCUT2D eigenvalue weighted by Gasteiger charge is -1.96. The van der Waals surface area contributed by atoms with Gasteiger partial charge in [-0.05, 0) is 6.07 Å². The molecule has 0 unspecified atom stereocenters. The first-order valence-electron chi connectivity index (χ1n) is 3.20. The van der Waals surface area contributed by atoms with E-state index in [0.29, 0.717) is 21.3 Å². The lowest BCUT2D eigenvalue weighted by molar-refractivity contribution is 1.22. The fourth-order valence-corrected chi connectivity index (χ4v) is 1.19. The fourth-order valence-electron chi connectivity index (χ4n) is 0.869. The number of halogens is 2. The first-order valence-corrected chi connectivity index (χ1v) is 3.96. The summed E-state index contributed by atoms with van der Waals surface area (Å²) < 4.78 is 0. The van der Waals surface area contributed by atoms with Crippen LogP contribution in [0.2, 0.25) is 10.2 Å². The van der Waals surface area contributed by atoms with E-state index in [1.165, 1.54) is 6.20 Å². The third-order valence-electron chi connectivity index (χ3n) is 1.37. The first kappa shape index (κ1) is 7.71. The molecule has 0 atom stereocenters. The Labute approximate surface area is 78.4 Å². The topological polar surface area (TPSA) is 38.7 Å². The lowest BCUT2D eigenvalue weighted by atomic mass is 10.4. The van der Waals surface area contributed by atoms with Gasteiger partial charge in [-0.15, -0.1) is 0 Å². The predicted octanol–water partition coefficient (Wildman–Crippen LogP) is 2.33. The van der Waals surface area contributed by atoms with Crippen molar-refractivity contribution in [2.75, 3.05) is 0 Å². The van der Waals surface area contributed by atoms with Crippen LogP contribution in [0.15, 0.2) is 18.5 Å². The summed E-state index contributed by atoms with van der Waals surface area (Å²) in [7, 11) is 0. The molecule has 0 fully saturated rings. The highest BCUT2D eigenvalue weighted by Gasteiger charge is 2.01.